The Morgan fingerprint density at radius 3 is 2.43 bits per heavy atom. The molecule has 3 N–H and O–H groups in total. The van der Waals surface area contributed by atoms with Crippen molar-refractivity contribution in [3.63, 3.8) is 0 Å². The Labute approximate surface area is 126 Å². The van der Waals surface area contributed by atoms with Crippen LogP contribution in [0.5, 0.6) is 0 Å². The van der Waals surface area contributed by atoms with Crippen molar-refractivity contribution in [2.24, 2.45) is 0 Å². The molecule has 21 heavy (non-hydrogen) atoms. The fourth-order valence-electron chi connectivity index (χ4n) is 2.00. The Bertz CT molecular complexity index is 434. The number of hydrogen-bond acceptors (Lipinski definition) is 3. The topological polar surface area (TPSA) is 70.6 Å². The van der Waals surface area contributed by atoms with Crippen molar-refractivity contribution in [2.75, 3.05) is 13.7 Å². The molecule has 0 fully saturated rings. The average Bonchev–Trinajstić information content (AvgIpc) is 2.47. The molecule has 0 saturated heterocycles. The highest BCUT2D eigenvalue weighted by molar-refractivity contribution is 5.74. The zero-order chi connectivity index (χ0) is 15.7. The van der Waals surface area contributed by atoms with Crippen LogP contribution in [0.15, 0.2) is 24.3 Å². The van der Waals surface area contributed by atoms with Crippen LogP contribution in [0.25, 0.3) is 0 Å². The van der Waals surface area contributed by atoms with Crippen molar-refractivity contribution in [2.45, 2.75) is 45.4 Å². The van der Waals surface area contributed by atoms with Crippen molar-refractivity contribution >= 4 is 6.03 Å². The first-order chi connectivity index (χ1) is 10.0. The number of ether oxygens (including phenoxy) is 1. The van der Waals surface area contributed by atoms with Gasteiger partial charge in [0.2, 0.25) is 0 Å². The lowest BCUT2D eigenvalue weighted by Gasteiger charge is -2.29. The van der Waals surface area contributed by atoms with Crippen molar-refractivity contribution in [1.82, 2.24) is 10.6 Å². The summed E-state index contributed by atoms with van der Waals surface area (Å²) in [5.74, 6) is 0. The Balaban J connectivity index is 2.45. The van der Waals surface area contributed by atoms with Crippen molar-refractivity contribution in [3.05, 3.63) is 35.4 Å². The zero-order valence-corrected chi connectivity index (χ0v) is 13.1. The van der Waals surface area contributed by atoms with Crippen LogP contribution in [0.4, 0.5) is 4.79 Å². The van der Waals surface area contributed by atoms with E-state index in [1.807, 2.05) is 38.1 Å². The molecule has 0 heterocycles. The van der Waals surface area contributed by atoms with E-state index in [2.05, 4.69) is 10.6 Å². The minimum Gasteiger partial charge on any atom is -0.396 e. The average molecular weight is 294 g/mol. The number of urea groups is 1. The zero-order valence-electron chi connectivity index (χ0n) is 13.1. The van der Waals surface area contributed by atoms with Gasteiger partial charge in [0.1, 0.15) is 0 Å². The Kier molecular flexibility index (Phi) is 7.19. The highest BCUT2D eigenvalue weighted by Crippen LogP contribution is 2.13. The number of hydrogen-bond donors (Lipinski definition) is 3. The third-order valence-electron chi connectivity index (χ3n) is 3.65. The van der Waals surface area contributed by atoms with E-state index in [0.717, 1.165) is 17.5 Å². The van der Waals surface area contributed by atoms with Crippen LogP contribution in [-0.4, -0.2) is 30.4 Å². The molecule has 2 amide bonds. The molecular formula is C16H26N2O3. The molecule has 0 aliphatic rings. The van der Waals surface area contributed by atoms with Gasteiger partial charge in [-0.05, 0) is 30.9 Å². The third kappa shape index (κ3) is 6.14. The number of carbonyl (C=O) groups excluding carboxylic acids is 1. The first-order valence-electron chi connectivity index (χ1n) is 7.26. The van der Waals surface area contributed by atoms with E-state index in [1.54, 1.807) is 7.11 Å². The van der Waals surface area contributed by atoms with E-state index >= 15 is 0 Å². The van der Waals surface area contributed by atoms with E-state index in [9.17, 15) is 4.79 Å². The number of carbonyl (C=O) groups is 1. The second-order valence-corrected chi connectivity index (χ2v) is 5.45. The maximum absolute atomic E-state index is 11.9. The van der Waals surface area contributed by atoms with E-state index < -0.39 is 0 Å². The Morgan fingerprint density at radius 2 is 1.90 bits per heavy atom. The smallest absolute Gasteiger partial charge is 0.315 e. The molecule has 0 bridgehead atoms. The summed E-state index contributed by atoms with van der Waals surface area (Å²) in [4.78, 5) is 11.9. The van der Waals surface area contributed by atoms with Gasteiger partial charge in [0.25, 0.3) is 0 Å². The van der Waals surface area contributed by atoms with E-state index in [1.165, 1.54) is 0 Å². The molecule has 118 valence electrons. The summed E-state index contributed by atoms with van der Waals surface area (Å²) in [6.45, 7) is 5.04. The van der Waals surface area contributed by atoms with E-state index in [0.29, 0.717) is 19.6 Å². The van der Waals surface area contributed by atoms with E-state index in [-0.39, 0.29) is 18.2 Å². The van der Waals surface area contributed by atoms with Gasteiger partial charge in [-0.1, -0.05) is 31.2 Å². The second kappa shape index (κ2) is 8.64. The lowest BCUT2D eigenvalue weighted by Crippen LogP contribution is -2.50. The number of aliphatic hydroxyl groups is 1. The highest BCUT2D eigenvalue weighted by Gasteiger charge is 2.23. The van der Waals surface area contributed by atoms with E-state index in [4.69, 9.17) is 9.84 Å². The highest BCUT2D eigenvalue weighted by atomic mass is 16.5. The van der Waals surface area contributed by atoms with Crippen LogP contribution in [0.3, 0.4) is 0 Å². The van der Waals surface area contributed by atoms with Crippen LogP contribution >= 0.6 is 0 Å². The number of nitrogens with one attached hydrogen (secondary N) is 2. The first kappa shape index (κ1) is 17.5. The van der Waals surface area contributed by atoms with Gasteiger partial charge < -0.3 is 20.5 Å². The molecule has 0 aliphatic carbocycles. The monoisotopic (exact) mass is 294 g/mol. The van der Waals surface area contributed by atoms with Crippen LogP contribution < -0.4 is 10.6 Å². The molecule has 0 aliphatic heterocycles. The maximum atomic E-state index is 11.9. The minimum atomic E-state index is -0.374. The number of methoxy groups -OCH3 is 1. The molecule has 5 heteroatoms. The van der Waals surface area contributed by atoms with Gasteiger partial charge in [-0.3, -0.25) is 0 Å². The van der Waals surface area contributed by atoms with Gasteiger partial charge in [-0.25, -0.2) is 4.79 Å². The third-order valence-corrected chi connectivity index (χ3v) is 3.65. The normalized spacial score (nSPS) is 13.5. The number of aliphatic hydroxyl groups excluding tert-OH is 1. The number of benzene rings is 1. The number of amides is 2. The summed E-state index contributed by atoms with van der Waals surface area (Å²) >= 11 is 0. The molecule has 1 aromatic rings. The summed E-state index contributed by atoms with van der Waals surface area (Å²) in [6, 6.07) is 7.71. The lowest BCUT2D eigenvalue weighted by atomic mass is 9.95. The molecule has 1 rings (SSSR count). The SMILES string of the molecule is CCC(C)(CCO)NC(=O)NCc1ccc(COC)cc1. The Hall–Kier alpha value is -1.59. The second-order valence-electron chi connectivity index (χ2n) is 5.45. The molecule has 5 nitrogen and oxygen atoms in total. The summed E-state index contributed by atoms with van der Waals surface area (Å²) in [6.07, 6.45) is 1.31. The van der Waals surface area contributed by atoms with Gasteiger partial charge in [0.05, 0.1) is 6.61 Å². The van der Waals surface area contributed by atoms with Gasteiger partial charge in [0, 0.05) is 25.8 Å². The minimum absolute atomic E-state index is 0.0611. The van der Waals surface area contributed by atoms with Crippen LogP contribution in [0, 0.1) is 0 Å². The van der Waals surface area contributed by atoms with Gasteiger partial charge in [-0.15, -0.1) is 0 Å². The maximum Gasteiger partial charge on any atom is 0.315 e. The van der Waals surface area contributed by atoms with Crippen LogP contribution in [0.2, 0.25) is 0 Å². The molecule has 0 spiro atoms. The molecule has 1 atom stereocenters. The summed E-state index contributed by atoms with van der Waals surface area (Å²) < 4.78 is 5.06. The molecule has 0 radical (unpaired) electrons. The van der Waals surface area contributed by atoms with Crippen LogP contribution in [0.1, 0.15) is 37.8 Å². The standard InChI is InChI=1S/C16H26N2O3/c1-4-16(2,9-10-19)18-15(20)17-11-13-5-7-14(8-6-13)12-21-3/h5-8,19H,4,9-12H2,1-3H3,(H2,17,18,20). The van der Waals surface area contributed by atoms with Crippen molar-refractivity contribution < 1.29 is 14.6 Å². The summed E-state index contributed by atoms with van der Waals surface area (Å²) in [5, 5.41) is 14.8. The Morgan fingerprint density at radius 1 is 1.29 bits per heavy atom. The predicted molar refractivity (Wildman–Crippen MR) is 82.9 cm³/mol. The summed E-state index contributed by atoms with van der Waals surface area (Å²) in [7, 11) is 1.66. The quantitative estimate of drug-likeness (QED) is 0.688. The van der Waals surface area contributed by atoms with Crippen LogP contribution in [-0.2, 0) is 17.9 Å². The number of rotatable bonds is 8. The fraction of sp³-hybridized carbons (Fsp3) is 0.562. The summed E-state index contributed by atoms with van der Waals surface area (Å²) in [5.41, 5.74) is 1.76. The van der Waals surface area contributed by atoms with Crippen molar-refractivity contribution in [3.8, 4) is 0 Å². The predicted octanol–water partition coefficient (Wildman–Crippen LogP) is 2.18. The fourth-order valence-corrected chi connectivity index (χ4v) is 2.00. The van der Waals surface area contributed by atoms with Gasteiger partial charge in [0.15, 0.2) is 0 Å². The molecule has 1 unspecified atom stereocenters. The molecule has 0 saturated carbocycles. The van der Waals surface area contributed by atoms with Crippen molar-refractivity contribution in [1.29, 1.82) is 0 Å². The molecule has 1 aromatic carbocycles. The first-order valence-corrected chi connectivity index (χ1v) is 7.26. The van der Waals surface area contributed by atoms with Gasteiger partial charge >= 0.3 is 6.03 Å². The van der Waals surface area contributed by atoms with Gasteiger partial charge in [-0.2, -0.15) is 0 Å². The molecule has 0 aromatic heterocycles. The molecular weight excluding hydrogens is 268 g/mol. The lowest BCUT2D eigenvalue weighted by molar-refractivity contribution is 0.185. The largest absolute Gasteiger partial charge is 0.396 e.